The van der Waals surface area contributed by atoms with E-state index in [0.29, 0.717) is 25.9 Å². The summed E-state index contributed by atoms with van der Waals surface area (Å²) in [5.74, 6) is 0.0154. The molecule has 1 saturated heterocycles. The summed E-state index contributed by atoms with van der Waals surface area (Å²) in [6, 6.07) is 1.58. The van der Waals surface area contributed by atoms with Gasteiger partial charge in [-0.05, 0) is 45.6 Å². The number of ether oxygens (including phenoxy) is 1. The fourth-order valence-corrected chi connectivity index (χ4v) is 3.99. The average Bonchev–Trinajstić information content (AvgIpc) is 2.47. The van der Waals surface area contributed by atoms with E-state index in [9.17, 15) is 13.2 Å². The fraction of sp³-hybridized carbons (Fsp3) is 0.667. The van der Waals surface area contributed by atoms with Gasteiger partial charge in [0.1, 0.15) is 5.60 Å². The molecule has 128 valence electrons. The quantitative estimate of drug-likeness (QED) is 0.780. The summed E-state index contributed by atoms with van der Waals surface area (Å²) in [6.07, 6.45) is 3.76. The molecule has 0 N–H and O–H groups in total. The molecule has 0 saturated carbocycles. The largest absolute Gasteiger partial charge is 0.444 e. The number of aromatic nitrogens is 2. The van der Waals surface area contributed by atoms with Gasteiger partial charge in [-0.3, -0.25) is 0 Å². The molecule has 1 fully saturated rings. The number of carbonyl (C=O) groups excluding carboxylic acids is 1. The zero-order chi connectivity index (χ0) is 17.1. The molecule has 0 atom stereocenters. The van der Waals surface area contributed by atoms with E-state index in [-0.39, 0.29) is 22.9 Å². The van der Waals surface area contributed by atoms with Gasteiger partial charge in [-0.1, -0.05) is 0 Å². The lowest BCUT2D eigenvalue weighted by molar-refractivity contribution is 0.0191. The predicted octanol–water partition coefficient (Wildman–Crippen LogP) is 1.90. The molecule has 2 rings (SSSR count). The molecule has 0 radical (unpaired) electrons. The van der Waals surface area contributed by atoms with E-state index in [4.69, 9.17) is 4.74 Å². The maximum Gasteiger partial charge on any atom is 0.410 e. The molecule has 7 nitrogen and oxygen atoms in total. The van der Waals surface area contributed by atoms with E-state index in [1.54, 1.807) is 11.0 Å². The summed E-state index contributed by atoms with van der Waals surface area (Å²) in [7, 11) is -3.48. The van der Waals surface area contributed by atoms with Crippen LogP contribution in [-0.4, -0.2) is 53.8 Å². The molecule has 23 heavy (non-hydrogen) atoms. The minimum absolute atomic E-state index is 0.00231. The van der Waals surface area contributed by atoms with Crippen LogP contribution in [0.2, 0.25) is 0 Å². The highest BCUT2D eigenvalue weighted by molar-refractivity contribution is 7.91. The summed E-state index contributed by atoms with van der Waals surface area (Å²) >= 11 is 0. The monoisotopic (exact) mass is 341 g/mol. The summed E-state index contributed by atoms with van der Waals surface area (Å²) in [4.78, 5) is 21.3. The van der Waals surface area contributed by atoms with Crippen molar-refractivity contribution < 1.29 is 17.9 Å². The average molecular weight is 341 g/mol. The molecular formula is C15H23N3O4S. The van der Waals surface area contributed by atoms with Crippen molar-refractivity contribution in [1.29, 1.82) is 0 Å². The zero-order valence-corrected chi connectivity index (χ0v) is 14.5. The van der Waals surface area contributed by atoms with Gasteiger partial charge in [-0.2, -0.15) is 0 Å². The third kappa shape index (κ3) is 5.16. The highest BCUT2D eigenvalue weighted by Crippen LogP contribution is 2.22. The molecule has 0 spiro atoms. The van der Waals surface area contributed by atoms with Crippen molar-refractivity contribution in [2.24, 2.45) is 5.92 Å². The van der Waals surface area contributed by atoms with Crippen LogP contribution >= 0.6 is 0 Å². The Kier molecular flexibility index (Phi) is 5.23. The highest BCUT2D eigenvalue weighted by atomic mass is 32.2. The first-order valence-electron chi connectivity index (χ1n) is 7.65. The highest BCUT2D eigenvalue weighted by Gasteiger charge is 2.30. The molecule has 2 heterocycles. The zero-order valence-electron chi connectivity index (χ0n) is 13.7. The van der Waals surface area contributed by atoms with Gasteiger partial charge in [0.2, 0.25) is 15.0 Å². The molecule has 1 aromatic rings. The first-order chi connectivity index (χ1) is 10.7. The van der Waals surface area contributed by atoms with E-state index in [2.05, 4.69) is 9.97 Å². The second kappa shape index (κ2) is 6.82. The number of hydrogen-bond acceptors (Lipinski definition) is 6. The lowest BCUT2D eigenvalue weighted by Gasteiger charge is -2.33. The van der Waals surface area contributed by atoms with Gasteiger partial charge in [-0.15, -0.1) is 0 Å². The molecular weight excluding hydrogens is 318 g/mol. The lowest BCUT2D eigenvalue weighted by atomic mass is 9.99. The second-order valence-corrected chi connectivity index (χ2v) is 8.65. The summed E-state index contributed by atoms with van der Waals surface area (Å²) in [6.45, 7) is 6.48. The minimum Gasteiger partial charge on any atom is -0.444 e. The molecule has 0 aromatic carbocycles. The summed E-state index contributed by atoms with van der Waals surface area (Å²) < 4.78 is 29.9. The van der Waals surface area contributed by atoms with Crippen LogP contribution in [0, 0.1) is 5.92 Å². The van der Waals surface area contributed by atoms with Gasteiger partial charge in [0.25, 0.3) is 0 Å². The van der Waals surface area contributed by atoms with Crippen molar-refractivity contribution in [2.75, 3.05) is 18.8 Å². The molecule has 0 unspecified atom stereocenters. The molecule has 1 aliphatic rings. The SMILES string of the molecule is CC(C)(C)OC(=O)N1CCC(CS(=O)(=O)c2ncccn2)CC1. The fourth-order valence-electron chi connectivity index (χ4n) is 2.44. The third-order valence-electron chi connectivity index (χ3n) is 3.54. The normalized spacial score (nSPS) is 17.1. The molecule has 1 aliphatic heterocycles. The molecule has 0 bridgehead atoms. The standard InChI is InChI=1S/C15H23N3O4S/c1-15(2,3)22-14(19)18-9-5-12(6-10-18)11-23(20,21)13-16-7-4-8-17-13/h4,7-8,12H,5-6,9-11H2,1-3H3. The number of likely N-dealkylation sites (tertiary alicyclic amines) is 1. The minimum atomic E-state index is -3.48. The predicted molar refractivity (Wildman–Crippen MR) is 84.6 cm³/mol. The van der Waals surface area contributed by atoms with Crippen molar-refractivity contribution in [3.63, 3.8) is 0 Å². The third-order valence-corrected chi connectivity index (χ3v) is 5.22. The van der Waals surface area contributed by atoms with Gasteiger partial charge >= 0.3 is 6.09 Å². The number of amides is 1. The Balaban J connectivity index is 1.89. The Morgan fingerprint density at radius 2 is 1.83 bits per heavy atom. The van der Waals surface area contributed by atoms with Gasteiger partial charge in [0.15, 0.2) is 0 Å². The Morgan fingerprint density at radius 3 is 2.35 bits per heavy atom. The van der Waals surface area contributed by atoms with Crippen LogP contribution in [0.25, 0.3) is 0 Å². The van der Waals surface area contributed by atoms with Crippen molar-refractivity contribution in [3.05, 3.63) is 18.5 Å². The maximum atomic E-state index is 12.3. The molecule has 0 aliphatic carbocycles. The Labute approximate surface area is 137 Å². The lowest BCUT2D eigenvalue weighted by Crippen LogP contribution is -2.42. The van der Waals surface area contributed by atoms with Gasteiger partial charge in [0, 0.05) is 25.5 Å². The van der Waals surface area contributed by atoms with E-state index < -0.39 is 15.4 Å². The Hall–Kier alpha value is -1.70. The summed E-state index contributed by atoms with van der Waals surface area (Å²) in [5.41, 5.74) is -0.526. The second-order valence-electron chi connectivity index (χ2n) is 6.72. The first kappa shape index (κ1) is 17.7. The molecule has 8 heteroatoms. The van der Waals surface area contributed by atoms with Gasteiger partial charge < -0.3 is 9.64 Å². The van der Waals surface area contributed by atoms with Crippen LogP contribution in [0.4, 0.5) is 4.79 Å². The number of rotatable bonds is 3. The number of hydrogen-bond donors (Lipinski definition) is 0. The molecule has 1 amide bonds. The molecule has 1 aromatic heterocycles. The van der Waals surface area contributed by atoms with E-state index in [1.165, 1.54) is 12.4 Å². The number of nitrogens with zero attached hydrogens (tertiary/aromatic N) is 3. The van der Waals surface area contributed by atoms with Gasteiger partial charge in [0.05, 0.1) is 5.75 Å². The van der Waals surface area contributed by atoms with Crippen molar-refractivity contribution in [1.82, 2.24) is 14.9 Å². The van der Waals surface area contributed by atoms with Crippen LogP contribution in [0.1, 0.15) is 33.6 Å². The van der Waals surface area contributed by atoms with E-state index in [1.807, 2.05) is 20.8 Å². The summed E-state index contributed by atoms with van der Waals surface area (Å²) in [5, 5.41) is -0.130. The Morgan fingerprint density at radius 1 is 1.26 bits per heavy atom. The number of piperidine rings is 1. The van der Waals surface area contributed by atoms with Crippen molar-refractivity contribution >= 4 is 15.9 Å². The topological polar surface area (TPSA) is 89.5 Å². The van der Waals surface area contributed by atoms with E-state index >= 15 is 0 Å². The van der Waals surface area contributed by atoms with Crippen molar-refractivity contribution in [2.45, 2.75) is 44.4 Å². The number of carbonyl (C=O) groups is 1. The Bertz CT molecular complexity index is 632. The van der Waals surface area contributed by atoms with Crippen LogP contribution in [0.5, 0.6) is 0 Å². The van der Waals surface area contributed by atoms with Gasteiger partial charge in [-0.25, -0.2) is 23.2 Å². The maximum absolute atomic E-state index is 12.3. The smallest absolute Gasteiger partial charge is 0.410 e. The van der Waals surface area contributed by atoms with Crippen LogP contribution < -0.4 is 0 Å². The van der Waals surface area contributed by atoms with Crippen LogP contribution in [0.3, 0.4) is 0 Å². The van der Waals surface area contributed by atoms with E-state index in [0.717, 1.165) is 0 Å². The number of sulfone groups is 1. The van der Waals surface area contributed by atoms with Crippen LogP contribution in [0.15, 0.2) is 23.6 Å². The van der Waals surface area contributed by atoms with Crippen LogP contribution in [-0.2, 0) is 14.6 Å². The first-order valence-corrected chi connectivity index (χ1v) is 9.30. The van der Waals surface area contributed by atoms with Crippen molar-refractivity contribution in [3.8, 4) is 0 Å².